The van der Waals surface area contributed by atoms with Crippen LogP contribution < -0.4 is 4.90 Å². The van der Waals surface area contributed by atoms with Gasteiger partial charge in [-0.05, 0) is 39.3 Å². The van der Waals surface area contributed by atoms with Crippen LogP contribution in [-0.2, 0) is 24.1 Å². The van der Waals surface area contributed by atoms with Crippen molar-refractivity contribution in [3.05, 3.63) is 53.1 Å². The number of imidazole rings is 1. The molecule has 0 bridgehead atoms. The molecule has 0 unspecified atom stereocenters. The minimum Gasteiger partial charge on any atom is -0.329 e. The number of halogens is 4. The molecule has 9 nitrogen and oxygen atoms in total. The van der Waals surface area contributed by atoms with Crippen LogP contribution in [-0.4, -0.2) is 40.0 Å². The highest BCUT2D eigenvalue weighted by Crippen LogP contribution is 2.37. The first-order chi connectivity index (χ1) is 18.0. The Morgan fingerprint density at radius 3 is 2.53 bits per heavy atom. The van der Waals surface area contributed by atoms with Crippen LogP contribution in [0.3, 0.4) is 0 Å². The Labute approximate surface area is 221 Å². The molecule has 5 heterocycles. The molecule has 0 N–H and O–H groups in total. The van der Waals surface area contributed by atoms with Gasteiger partial charge in [0.15, 0.2) is 11.5 Å². The number of aromatic nitrogens is 7. The Morgan fingerprint density at radius 1 is 1.13 bits per heavy atom. The number of carbonyl (C=O) groups is 1. The summed E-state index contributed by atoms with van der Waals surface area (Å²) in [5.74, 6) is 0.687. The van der Waals surface area contributed by atoms with E-state index in [0.717, 1.165) is 6.20 Å². The van der Waals surface area contributed by atoms with E-state index in [2.05, 4.69) is 15.1 Å². The number of pyridine rings is 1. The molecule has 0 spiro atoms. The van der Waals surface area contributed by atoms with Gasteiger partial charge in [0, 0.05) is 37.5 Å². The van der Waals surface area contributed by atoms with E-state index in [4.69, 9.17) is 16.7 Å². The molecule has 200 valence electrons. The number of fused-ring (bicyclic) bond motifs is 1. The maximum absolute atomic E-state index is 13.2. The number of nitrogens with zero attached hydrogens (tertiary/aromatic N) is 8. The first-order valence-electron chi connectivity index (χ1n) is 12.2. The fraction of sp³-hybridized carbons (Fsp3) is 0.400. The van der Waals surface area contributed by atoms with Crippen molar-refractivity contribution in [2.24, 2.45) is 0 Å². The van der Waals surface area contributed by atoms with E-state index >= 15 is 0 Å². The van der Waals surface area contributed by atoms with E-state index in [-0.39, 0.29) is 24.2 Å². The number of carbonyl (C=O) groups excluding carboxylic acids is 1. The Bertz CT molecular complexity index is 1490. The summed E-state index contributed by atoms with van der Waals surface area (Å²) in [6.07, 6.45) is -0.145. The van der Waals surface area contributed by atoms with Gasteiger partial charge in [0.1, 0.15) is 22.9 Å². The summed E-state index contributed by atoms with van der Waals surface area (Å²) in [5, 5.41) is 9.54. The van der Waals surface area contributed by atoms with E-state index in [1.165, 1.54) is 4.57 Å². The van der Waals surface area contributed by atoms with Crippen LogP contribution >= 0.6 is 11.6 Å². The molecule has 4 aromatic heterocycles. The van der Waals surface area contributed by atoms with Crippen LogP contribution in [0.1, 0.15) is 57.5 Å². The van der Waals surface area contributed by atoms with Crippen LogP contribution in [0, 0.1) is 0 Å². The average molecular weight is 547 g/mol. The lowest BCUT2D eigenvalue weighted by Gasteiger charge is -2.32. The third-order valence-corrected chi connectivity index (χ3v) is 6.86. The van der Waals surface area contributed by atoms with Crippen molar-refractivity contribution >= 4 is 23.3 Å². The molecular weight excluding hydrogens is 521 g/mol. The Hall–Kier alpha value is -3.67. The van der Waals surface area contributed by atoms with E-state index in [1.54, 1.807) is 45.7 Å². The maximum Gasteiger partial charge on any atom is 0.434 e. The lowest BCUT2D eigenvalue weighted by molar-refractivity contribution is -0.140. The van der Waals surface area contributed by atoms with Crippen molar-refractivity contribution in [1.82, 2.24) is 34.1 Å². The summed E-state index contributed by atoms with van der Waals surface area (Å²) in [4.78, 5) is 22.9. The summed E-state index contributed by atoms with van der Waals surface area (Å²) in [6.45, 7) is 8.35. The highest BCUT2D eigenvalue weighted by molar-refractivity contribution is 6.33. The molecule has 5 rings (SSSR count). The van der Waals surface area contributed by atoms with Gasteiger partial charge in [0.05, 0.1) is 23.8 Å². The number of amides is 1. The van der Waals surface area contributed by atoms with Crippen LogP contribution in [0.2, 0.25) is 5.02 Å². The molecule has 4 aromatic rings. The minimum absolute atomic E-state index is 0.0630. The van der Waals surface area contributed by atoms with E-state index in [9.17, 15) is 18.0 Å². The minimum atomic E-state index is -4.54. The molecule has 38 heavy (non-hydrogen) atoms. The third-order valence-electron chi connectivity index (χ3n) is 6.59. The predicted molar refractivity (Wildman–Crippen MR) is 135 cm³/mol. The van der Waals surface area contributed by atoms with Gasteiger partial charge in [-0.3, -0.25) is 19.4 Å². The Morgan fingerprint density at radius 2 is 1.89 bits per heavy atom. The first kappa shape index (κ1) is 26.0. The smallest absolute Gasteiger partial charge is 0.329 e. The van der Waals surface area contributed by atoms with E-state index in [1.807, 2.05) is 26.8 Å². The number of alkyl halides is 3. The molecule has 0 saturated carbocycles. The molecule has 0 radical (unpaired) electrons. The second-order valence-electron chi connectivity index (χ2n) is 9.39. The van der Waals surface area contributed by atoms with Gasteiger partial charge >= 0.3 is 6.18 Å². The van der Waals surface area contributed by atoms with E-state index in [0.29, 0.717) is 46.6 Å². The number of aryl methyl sites for hydroxylation is 2. The molecule has 0 saturated heterocycles. The van der Waals surface area contributed by atoms with Crippen molar-refractivity contribution < 1.29 is 18.0 Å². The fourth-order valence-corrected chi connectivity index (χ4v) is 4.88. The summed E-state index contributed by atoms with van der Waals surface area (Å²) >= 11 is 6.43. The van der Waals surface area contributed by atoms with Crippen molar-refractivity contribution in [3.63, 3.8) is 0 Å². The van der Waals surface area contributed by atoms with Crippen LogP contribution in [0.5, 0.6) is 0 Å². The second kappa shape index (κ2) is 9.57. The molecule has 1 amide bonds. The highest BCUT2D eigenvalue weighted by Gasteiger charge is 2.35. The predicted octanol–water partition coefficient (Wildman–Crippen LogP) is 5.78. The fourth-order valence-electron chi connectivity index (χ4n) is 4.65. The first-order valence-corrected chi connectivity index (χ1v) is 12.6. The van der Waals surface area contributed by atoms with Gasteiger partial charge in [0.2, 0.25) is 5.91 Å². The summed E-state index contributed by atoms with van der Waals surface area (Å²) in [5.41, 5.74) is 1.36. The third kappa shape index (κ3) is 4.46. The van der Waals surface area contributed by atoms with Crippen LogP contribution in [0.25, 0.3) is 22.9 Å². The van der Waals surface area contributed by atoms with Crippen molar-refractivity contribution in [2.45, 2.75) is 65.5 Å². The molecule has 0 aliphatic carbocycles. The molecular formula is C25H26ClF3N8O. The molecule has 0 aromatic carbocycles. The van der Waals surface area contributed by atoms with Gasteiger partial charge in [-0.1, -0.05) is 17.7 Å². The SMILES string of the molecule is CCn1cc(C(F)(F)F)nc1-c1ccc([C@H](C)N2C(=O)CCn3nc(-c4c(Cl)cnn4C(C)C)cc32)cn1. The van der Waals surface area contributed by atoms with Crippen LogP contribution in [0.15, 0.2) is 36.8 Å². The molecule has 1 aliphatic heterocycles. The number of hydrogen-bond donors (Lipinski definition) is 0. The molecule has 0 fully saturated rings. The normalized spacial score (nSPS) is 14.9. The average Bonchev–Trinajstić information content (AvgIpc) is 3.59. The summed E-state index contributed by atoms with van der Waals surface area (Å²) in [7, 11) is 0. The van der Waals surface area contributed by atoms with E-state index < -0.39 is 17.9 Å². The zero-order chi connectivity index (χ0) is 27.4. The highest BCUT2D eigenvalue weighted by atomic mass is 35.5. The largest absolute Gasteiger partial charge is 0.434 e. The maximum atomic E-state index is 13.2. The van der Waals surface area contributed by atoms with Gasteiger partial charge in [-0.2, -0.15) is 23.4 Å². The molecule has 1 atom stereocenters. The topological polar surface area (TPSA) is 86.7 Å². The molecule has 13 heteroatoms. The Balaban J connectivity index is 1.47. The van der Waals surface area contributed by atoms with Gasteiger partial charge in [-0.15, -0.1) is 0 Å². The van der Waals surface area contributed by atoms with Gasteiger partial charge in [0.25, 0.3) is 0 Å². The quantitative estimate of drug-likeness (QED) is 0.306. The van der Waals surface area contributed by atoms with Crippen LogP contribution in [0.4, 0.5) is 19.0 Å². The number of anilines is 1. The lowest BCUT2D eigenvalue weighted by Crippen LogP contribution is -2.39. The monoisotopic (exact) mass is 546 g/mol. The molecule has 1 aliphatic rings. The van der Waals surface area contributed by atoms with Gasteiger partial charge in [-0.25, -0.2) is 9.67 Å². The zero-order valence-corrected chi connectivity index (χ0v) is 22.0. The van der Waals surface area contributed by atoms with Crippen molar-refractivity contribution in [3.8, 4) is 22.9 Å². The Kier molecular flexibility index (Phi) is 6.54. The van der Waals surface area contributed by atoms with Gasteiger partial charge < -0.3 is 4.57 Å². The second-order valence-corrected chi connectivity index (χ2v) is 9.80. The number of hydrogen-bond acceptors (Lipinski definition) is 5. The summed E-state index contributed by atoms with van der Waals surface area (Å²) < 4.78 is 44.5. The van der Waals surface area contributed by atoms with Crippen molar-refractivity contribution in [1.29, 1.82) is 0 Å². The summed E-state index contributed by atoms with van der Waals surface area (Å²) in [6, 6.07) is 4.86. The zero-order valence-electron chi connectivity index (χ0n) is 21.2. The van der Waals surface area contributed by atoms with Crippen molar-refractivity contribution in [2.75, 3.05) is 4.90 Å². The number of rotatable bonds is 6. The lowest BCUT2D eigenvalue weighted by atomic mass is 10.1. The standard InChI is InChI=1S/C25H26ClF3N8O/c1-5-34-13-20(25(27,28)29)32-24(34)18-7-6-16(11-30-18)15(4)36-21-10-19(33-35(21)9-8-22(36)38)23-17(26)12-31-37(23)14(2)3/h6-7,10-15H,5,8-9H2,1-4H3/t15-/m0/s1.